The summed E-state index contributed by atoms with van der Waals surface area (Å²) < 4.78 is 5.88. The molecule has 2 unspecified atom stereocenters. The van der Waals surface area contributed by atoms with Crippen molar-refractivity contribution in [1.29, 1.82) is 0 Å². The lowest BCUT2D eigenvalue weighted by Crippen LogP contribution is -2.42. The van der Waals surface area contributed by atoms with Crippen LogP contribution in [0.2, 0.25) is 0 Å². The largest absolute Gasteiger partial charge is 0.459 e. The fraction of sp³-hybridized carbons (Fsp3) is 0.938. The van der Waals surface area contributed by atoms with Crippen molar-refractivity contribution < 1.29 is 9.53 Å². The molecule has 2 fully saturated rings. The van der Waals surface area contributed by atoms with Crippen molar-refractivity contribution in [3.05, 3.63) is 0 Å². The number of hydrogen-bond donors (Lipinski definition) is 0. The molecule has 2 heteroatoms. The van der Waals surface area contributed by atoms with Gasteiger partial charge in [-0.15, -0.1) is 0 Å². The topological polar surface area (TPSA) is 26.3 Å². The van der Waals surface area contributed by atoms with Crippen LogP contribution in [0.15, 0.2) is 0 Å². The van der Waals surface area contributed by atoms with Crippen molar-refractivity contribution in [1.82, 2.24) is 0 Å². The zero-order valence-corrected chi connectivity index (χ0v) is 12.3. The van der Waals surface area contributed by atoms with Crippen LogP contribution in [0.25, 0.3) is 0 Å². The lowest BCUT2D eigenvalue weighted by molar-refractivity contribution is -0.170. The van der Waals surface area contributed by atoms with E-state index in [2.05, 4.69) is 6.92 Å². The van der Waals surface area contributed by atoms with Crippen molar-refractivity contribution in [2.45, 2.75) is 84.2 Å². The minimum absolute atomic E-state index is 0.00930. The molecular weight excluding hydrogens is 224 g/mol. The second-order valence-corrected chi connectivity index (χ2v) is 6.92. The Kier molecular flexibility index (Phi) is 4.03. The van der Waals surface area contributed by atoms with E-state index in [9.17, 15) is 4.79 Å². The van der Waals surface area contributed by atoms with Gasteiger partial charge in [-0.2, -0.15) is 0 Å². The smallest absolute Gasteiger partial charge is 0.309 e. The van der Waals surface area contributed by atoms with Gasteiger partial charge in [0.1, 0.15) is 5.60 Å². The minimum Gasteiger partial charge on any atom is -0.459 e. The lowest BCUT2D eigenvalue weighted by Gasteiger charge is -2.44. The van der Waals surface area contributed by atoms with Crippen molar-refractivity contribution in [3.8, 4) is 0 Å². The van der Waals surface area contributed by atoms with Gasteiger partial charge in [0.05, 0.1) is 5.92 Å². The predicted molar refractivity (Wildman–Crippen MR) is 73.3 cm³/mol. The fourth-order valence-electron chi connectivity index (χ4n) is 3.96. The van der Waals surface area contributed by atoms with Crippen LogP contribution in [0.1, 0.15) is 78.6 Å². The highest BCUT2D eigenvalue weighted by Gasteiger charge is 2.45. The molecule has 0 N–H and O–H groups in total. The number of esters is 1. The standard InChI is InChI=1S/C16H28O2/c1-4-13(2)14(17)18-15(3)8-7-11-16(12-15)9-5-6-10-16/h13H,4-12H2,1-3H3. The molecule has 18 heavy (non-hydrogen) atoms. The van der Waals surface area contributed by atoms with E-state index in [1.54, 1.807) is 0 Å². The quantitative estimate of drug-likeness (QED) is 0.693. The third-order valence-electron chi connectivity index (χ3n) is 5.19. The van der Waals surface area contributed by atoms with Gasteiger partial charge in [-0.1, -0.05) is 26.7 Å². The summed E-state index contributed by atoms with van der Waals surface area (Å²) in [6, 6.07) is 0. The number of carbonyl (C=O) groups excluding carboxylic acids is 1. The van der Waals surface area contributed by atoms with E-state index in [1.807, 2.05) is 13.8 Å². The van der Waals surface area contributed by atoms with E-state index >= 15 is 0 Å². The van der Waals surface area contributed by atoms with E-state index in [0.717, 1.165) is 19.3 Å². The van der Waals surface area contributed by atoms with Crippen molar-refractivity contribution >= 4 is 5.97 Å². The molecule has 104 valence electrons. The number of hydrogen-bond acceptors (Lipinski definition) is 2. The van der Waals surface area contributed by atoms with E-state index in [1.165, 1.54) is 38.5 Å². The monoisotopic (exact) mass is 252 g/mol. The number of rotatable bonds is 3. The average molecular weight is 252 g/mol. The molecule has 0 bridgehead atoms. The maximum Gasteiger partial charge on any atom is 0.309 e. The van der Waals surface area contributed by atoms with Crippen molar-refractivity contribution in [3.63, 3.8) is 0 Å². The van der Waals surface area contributed by atoms with Crippen LogP contribution in [0.3, 0.4) is 0 Å². The van der Waals surface area contributed by atoms with Gasteiger partial charge in [0.25, 0.3) is 0 Å². The first kappa shape index (κ1) is 13.9. The second kappa shape index (κ2) is 5.22. The number of ether oxygens (including phenoxy) is 1. The third kappa shape index (κ3) is 2.89. The van der Waals surface area contributed by atoms with Crippen LogP contribution < -0.4 is 0 Å². The SMILES string of the molecule is CCC(C)C(=O)OC1(C)CCCC2(CCCC2)C1. The maximum atomic E-state index is 12.0. The van der Waals surface area contributed by atoms with E-state index in [-0.39, 0.29) is 17.5 Å². The fourth-order valence-corrected chi connectivity index (χ4v) is 3.96. The Labute approximate surface area is 111 Å². The molecule has 0 aromatic rings. The highest BCUT2D eigenvalue weighted by atomic mass is 16.6. The molecule has 2 rings (SSSR count). The Morgan fingerprint density at radius 1 is 1.17 bits per heavy atom. The third-order valence-corrected chi connectivity index (χ3v) is 5.19. The van der Waals surface area contributed by atoms with Gasteiger partial charge in [-0.25, -0.2) is 0 Å². The van der Waals surface area contributed by atoms with Gasteiger partial charge in [-0.05, 0) is 57.3 Å². The summed E-state index contributed by atoms with van der Waals surface area (Å²) in [6.45, 7) is 6.18. The molecule has 2 saturated carbocycles. The zero-order valence-electron chi connectivity index (χ0n) is 12.3. The predicted octanol–water partition coefficient (Wildman–Crippen LogP) is 4.47. The molecule has 0 amide bonds. The van der Waals surface area contributed by atoms with Crippen LogP contribution in [-0.4, -0.2) is 11.6 Å². The molecule has 2 aliphatic rings. The minimum atomic E-state index is -0.191. The van der Waals surface area contributed by atoms with Gasteiger partial charge >= 0.3 is 5.97 Å². The summed E-state index contributed by atoms with van der Waals surface area (Å²) in [7, 11) is 0. The Morgan fingerprint density at radius 3 is 2.39 bits per heavy atom. The first-order valence-corrected chi connectivity index (χ1v) is 7.72. The van der Waals surface area contributed by atoms with Gasteiger partial charge in [0, 0.05) is 0 Å². The van der Waals surface area contributed by atoms with Crippen molar-refractivity contribution in [2.75, 3.05) is 0 Å². The molecule has 0 heterocycles. The molecule has 1 spiro atoms. The average Bonchev–Trinajstić information content (AvgIpc) is 2.75. The normalized spacial score (nSPS) is 32.4. The van der Waals surface area contributed by atoms with Gasteiger partial charge < -0.3 is 4.74 Å². The summed E-state index contributed by atoms with van der Waals surface area (Å²) in [4.78, 5) is 12.0. The van der Waals surface area contributed by atoms with Crippen LogP contribution in [0.4, 0.5) is 0 Å². The summed E-state index contributed by atoms with van der Waals surface area (Å²) in [6.07, 6.45) is 11.0. The summed E-state index contributed by atoms with van der Waals surface area (Å²) in [5.74, 6) is 0.0540. The highest BCUT2D eigenvalue weighted by Crippen LogP contribution is 2.52. The van der Waals surface area contributed by atoms with Crippen LogP contribution >= 0.6 is 0 Å². The first-order valence-electron chi connectivity index (χ1n) is 7.72. The Morgan fingerprint density at radius 2 is 1.78 bits per heavy atom. The molecule has 0 aromatic heterocycles. The van der Waals surface area contributed by atoms with E-state index in [4.69, 9.17) is 4.74 Å². The summed E-state index contributed by atoms with van der Waals surface area (Å²) in [5, 5.41) is 0. The van der Waals surface area contributed by atoms with Crippen LogP contribution in [-0.2, 0) is 9.53 Å². The molecule has 0 aromatic carbocycles. The summed E-state index contributed by atoms with van der Waals surface area (Å²) >= 11 is 0. The maximum absolute atomic E-state index is 12.0. The van der Waals surface area contributed by atoms with Crippen LogP contribution in [0.5, 0.6) is 0 Å². The highest BCUT2D eigenvalue weighted by molar-refractivity contribution is 5.72. The zero-order chi connectivity index (χ0) is 13.2. The molecule has 0 aliphatic heterocycles. The van der Waals surface area contributed by atoms with Crippen molar-refractivity contribution in [2.24, 2.45) is 11.3 Å². The second-order valence-electron chi connectivity index (χ2n) is 6.92. The molecule has 0 saturated heterocycles. The number of carbonyl (C=O) groups is 1. The molecule has 2 nitrogen and oxygen atoms in total. The molecular formula is C16H28O2. The lowest BCUT2D eigenvalue weighted by atomic mass is 9.67. The van der Waals surface area contributed by atoms with Gasteiger partial charge in [-0.3, -0.25) is 4.79 Å². The van der Waals surface area contributed by atoms with Gasteiger partial charge in [0.2, 0.25) is 0 Å². The molecule has 2 aliphatic carbocycles. The van der Waals surface area contributed by atoms with Crippen LogP contribution in [0, 0.1) is 11.3 Å². The molecule has 2 atom stereocenters. The summed E-state index contributed by atoms with van der Waals surface area (Å²) in [5.41, 5.74) is 0.311. The van der Waals surface area contributed by atoms with Gasteiger partial charge in [0.15, 0.2) is 0 Å². The first-order chi connectivity index (χ1) is 8.49. The Bertz CT molecular complexity index is 304. The van der Waals surface area contributed by atoms with E-state index < -0.39 is 0 Å². The Hall–Kier alpha value is -0.530. The Balaban J connectivity index is 1.99. The molecule has 0 radical (unpaired) electrons. The van der Waals surface area contributed by atoms with E-state index in [0.29, 0.717) is 5.41 Å².